The van der Waals surface area contributed by atoms with Gasteiger partial charge in [-0.2, -0.15) is 5.26 Å². The Morgan fingerprint density at radius 2 is 2.36 bits per heavy atom. The summed E-state index contributed by atoms with van der Waals surface area (Å²) in [6.07, 6.45) is 0. The molecule has 1 heterocycles. The molecule has 56 valence electrons. The zero-order chi connectivity index (χ0) is 8.43. The minimum Gasteiger partial charge on any atom is -0.384 e. The van der Waals surface area contributed by atoms with E-state index in [4.69, 9.17) is 22.6 Å². The molecule has 0 fully saturated rings. The van der Waals surface area contributed by atoms with E-state index in [-0.39, 0.29) is 5.15 Å². The van der Waals surface area contributed by atoms with Crippen LogP contribution in [0.4, 0.5) is 5.82 Å². The lowest BCUT2D eigenvalue weighted by molar-refractivity contribution is 1.26. The molecule has 1 aromatic heterocycles. The molecule has 0 radical (unpaired) electrons. The summed E-state index contributed by atoms with van der Waals surface area (Å²) >= 11 is 5.62. The highest BCUT2D eigenvalue weighted by Crippen LogP contribution is 2.18. The van der Waals surface area contributed by atoms with Crippen LogP contribution in [0.3, 0.4) is 0 Å². The van der Waals surface area contributed by atoms with Gasteiger partial charge in [0, 0.05) is 0 Å². The zero-order valence-electron chi connectivity index (χ0n) is 5.93. The van der Waals surface area contributed by atoms with Gasteiger partial charge in [-0.3, -0.25) is 0 Å². The number of aromatic nitrogens is 1. The first-order valence-corrected chi connectivity index (χ1v) is 3.35. The summed E-state index contributed by atoms with van der Waals surface area (Å²) in [7, 11) is 0. The summed E-state index contributed by atoms with van der Waals surface area (Å²) in [4.78, 5) is 3.73. The largest absolute Gasteiger partial charge is 0.384 e. The van der Waals surface area contributed by atoms with E-state index in [2.05, 4.69) is 4.98 Å². The highest BCUT2D eigenvalue weighted by atomic mass is 35.5. The van der Waals surface area contributed by atoms with Gasteiger partial charge in [0.25, 0.3) is 0 Å². The van der Waals surface area contributed by atoms with Crippen LogP contribution >= 0.6 is 11.6 Å². The van der Waals surface area contributed by atoms with Crippen LogP contribution in [0.5, 0.6) is 0 Å². The number of rotatable bonds is 0. The molecule has 0 bridgehead atoms. The topological polar surface area (TPSA) is 62.7 Å². The molecule has 0 aliphatic rings. The molecule has 0 aromatic carbocycles. The van der Waals surface area contributed by atoms with Crippen molar-refractivity contribution >= 4 is 17.4 Å². The summed E-state index contributed by atoms with van der Waals surface area (Å²) < 4.78 is 0. The normalized spacial score (nSPS) is 9.18. The van der Waals surface area contributed by atoms with Crippen LogP contribution < -0.4 is 5.73 Å². The van der Waals surface area contributed by atoms with Crippen molar-refractivity contribution in [3.63, 3.8) is 0 Å². The summed E-state index contributed by atoms with van der Waals surface area (Å²) in [6, 6.07) is 3.56. The average Bonchev–Trinajstić information content (AvgIpc) is 1.85. The van der Waals surface area contributed by atoms with Crippen molar-refractivity contribution in [2.75, 3.05) is 5.73 Å². The Kier molecular flexibility index (Phi) is 1.97. The number of nitriles is 1. The predicted octanol–water partition coefficient (Wildman–Crippen LogP) is 1.50. The van der Waals surface area contributed by atoms with Gasteiger partial charge in [-0.05, 0) is 18.6 Å². The third kappa shape index (κ3) is 1.41. The van der Waals surface area contributed by atoms with E-state index in [1.54, 1.807) is 13.0 Å². The Labute approximate surface area is 69.4 Å². The smallest absolute Gasteiger partial charge is 0.149 e. The summed E-state index contributed by atoms with van der Waals surface area (Å²) in [5.41, 5.74) is 6.52. The van der Waals surface area contributed by atoms with E-state index >= 15 is 0 Å². The standard InChI is InChI=1S/C7H6ClN3/c1-4-2-6(10)11-7(8)5(4)3-9/h2H,1H3,(H2,10,11). The number of nitrogens with two attached hydrogens (primary N) is 1. The van der Waals surface area contributed by atoms with Crippen molar-refractivity contribution in [3.05, 3.63) is 22.3 Å². The van der Waals surface area contributed by atoms with E-state index in [0.717, 1.165) is 5.56 Å². The Hall–Kier alpha value is -1.27. The molecule has 0 unspecified atom stereocenters. The minimum absolute atomic E-state index is 0.171. The zero-order valence-corrected chi connectivity index (χ0v) is 6.68. The number of nitrogens with zero attached hydrogens (tertiary/aromatic N) is 2. The minimum atomic E-state index is 0.171. The van der Waals surface area contributed by atoms with Crippen molar-refractivity contribution in [1.82, 2.24) is 4.98 Å². The second-order valence-corrected chi connectivity index (χ2v) is 2.50. The van der Waals surface area contributed by atoms with E-state index in [9.17, 15) is 0 Å². The second kappa shape index (κ2) is 2.77. The van der Waals surface area contributed by atoms with Crippen LogP contribution in [0.15, 0.2) is 6.07 Å². The first-order valence-electron chi connectivity index (χ1n) is 2.98. The van der Waals surface area contributed by atoms with Gasteiger partial charge < -0.3 is 5.73 Å². The molecule has 0 amide bonds. The molecule has 3 nitrogen and oxygen atoms in total. The SMILES string of the molecule is Cc1cc(N)nc(Cl)c1C#N. The van der Waals surface area contributed by atoms with Gasteiger partial charge >= 0.3 is 0 Å². The van der Waals surface area contributed by atoms with Crippen LogP contribution in [0, 0.1) is 18.3 Å². The Bertz CT molecular complexity index is 304. The van der Waals surface area contributed by atoms with Gasteiger partial charge in [0.15, 0.2) is 0 Å². The molecule has 0 aliphatic heterocycles. The molecule has 4 heteroatoms. The summed E-state index contributed by atoms with van der Waals surface area (Å²) in [5.74, 6) is 0.339. The van der Waals surface area contributed by atoms with Gasteiger partial charge in [0.1, 0.15) is 17.0 Å². The van der Waals surface area contributed by atoms with Gasteiger partial charge in [-0.15, -0.1) is 0 Å². The quantitative estimate of drug-likeness (QED) is 0.596. The van der Waals surface area contributed by atoms with Gasteiger partial charge in [-0.1, -0.05) is 11.6 Å². The predicted molar refractivity (Wildman–Crippen MR) is 43.1 cm³/mol. The maximum atomic E-state index is 8.57. The molecular formula is C7H6ClN3. The third-order valence-electron chi connectivity index (χ3n) is 1.30. The molecule has 1 aromatic rings. The molecule has 0 atom stereocenters. The maximum Gasteiger partial charge on any atom is 0.149 e. The number of halogens is 1. The van der Waals surface area contributed by atoms with Gasteiger partial charge in [-0.25, -0.2) is 4.98 Å². The van der Waals surface area contributed by atoms with Crippen molar-refractivity contribution in [2.24, 2.45) is 0 Å². The second-order valence-electron chi connectivity index (χ2n) is 2.14. The monoisotopic (exact) mass is 167 g/mol. The van der Waals surface area contributed by atoms with E-state index in [0.29, 0.717) is 11.4 Å². The highest BCUT2D eigenvalue weighted by Gasteiger charge is 2.04. The molecule has 11 heavy (non-hydrogen) atoms. The fourth-order valence-electron chi connectivity index (χ4n) is 0.793. The molecular weight excluding hydrogens is 162 g/mol. The highest BCUT2D eigenvalue weighted by molar-refractivity contribution is 6.30. The molecule has 0 aliphatic carbocycles. The van der Waals surface area contributed by atoms with E-state index < -0.39 is 0 Å². The van der Waals surface area contributed by atoms with E-state index in [1.807, 2.05) is 6.07 Å². The Balaban J connectivity index is 3.40. The fraction of sp³-hybridized carbons (Fsp3) is 0.143. The molecule has 0 saturated heterocycles. The molecule has 0 spiro atoms. The summed E-state index contributed by atoms with van der Waals surface area (Å²) in [5, 5.41) is 8.75. The van der Waals surface area contributed by atoms with Crippen LogP contribution in [0.2, 0.25) is 5.15 Å². The summed E-state index contributed by atoms with van der Waals surface area (Å²) in [6.45, 7) is 1.77. The van der Waals surface area contributed by atoms with Gasteiger partial charge in [0.05, 0.1) is 5.56 Å². The van der Waals surface area contributed by atoms with Crippen LogP contribution in [0.1, 0.15) is 11.1 Å². The van der Waals surface area contributed by atoms with Crippen LogP contribution in [0.25, 0.3) is 0 Å². The fourth-order valence-corrected chi connectivity index (χ4v) is 1.08. The van der Waals surface area contributed by atoms with Crippen molar-refractivity contribution in [1.29, 1.82) is 5.26 Å². The Morgan fingerprint density at radius 1 is 1.73 bits per heavy atom. The number of anilines is 1. The maximum absolute atomic E-state index is 8.57. The lowest BCUT2D eigenvalue weighted by atomic mass is 10.2. The van der Waals surface area contributed by atoms with Gasteiger partial charge in [0.2, 0.25) is 0 Å². The Morgan fingerprint density at radius 3 is 2.82 bits per heavy atom. The number of hydrogen-bond acceptors (Lipinski definition) is 3. The first kappa shape index (κ1) is 7.83. The average molecular weight is 168 g/mol. The lowest BCUT2D eigenvalue weighted by Crippen LogP contribution is -1.94. The molecule has 1 rings (SSSR count). The van der Waals surface area contributed by atoms with Crippen molar-refractivity contribution < 1.29 is 0 Å². The lowest BCUT2D eigenvalue weighted by Gasteiger charge is -1.99. The number of hydrogen-bond donors (Lipinski definition) is 1. The van der Waals surface area contributed by atoms with Crippen LogP contribution in [-0.2, 0) is 0 Å². The number of nitrogen functional groups attached to an aromatic ring is 1. The third-order valence-corrected chi connectivity index (χ3v) is 1.58. The van der Waals surface area contributed by atoms with Crippen molar-refractivity contribution in [2.45, 2.75) is 6.92 Å². The van der Waals surface area contributed by atoms with Crippen molar-refractivity contribution in [3.8, 4) is 6.07 Å². The first-order chi connectivity index (χ1) is 5.15. The molecule has 2 N–H and O–H groups in total. The molecule has 0 saturated carbocycles. The van der Waals surface area contributed by atoms with E-state index in [1.165, 1.54) is 0 Å². The number of aryl methyl sites for hydroxylation is 1. The van der Waals surface area contributed by atoms with Crippen LogP contribution in [-0.4, -0.2) is 4.98 Å². The number of pyridine rings is 1.